The zero-order valence-electron chi connectivity index (χ0n) is 20.0. The highest BCUT2D eigenvalue weighted by Crippen LogP contribution is 2.76. The summed E-state index contributed by atoms with van der Waals surface area (Å²) in [5.74, 6) is 0.358. The van der Waals surface area contributed by atoms with Crippen LogP contribution in [0.4, 0.5) is 0 Å². The molecule has 0 radical (unpaired) electrons. The Balaban J connectivity index is 2.03. The van der Waals surface area contributed by atoms with Crippen molar-refractivity contribution in [1.29, 1.82) is 0 Å². The minimum absolute atomic E-state index is 0.0440. The van der Waals surface area contributed by atoms with E-state index in [1.165, 1.54) is 33.6 Å². The van der Waals surface area contributed by atoms with Gasteiger partial charge in [-0.1, -0.05) is 85.7 Å². The van der Waals surface area contributed by atoms with Crippen molar-refractivity contribution in [3.05, 3.63) is 57.5 Å². The maximum absolute atomic E-state index is 14.4. The van der Waals surface area contributed by atoms with Crippen molar-refractivity contribution in [3.8, 4) is 0 Å². The van der Waals surface area contributed by atoms with Crippen LogP contribution >= 0.6 is 0 Å². The van der Waals surface area contributed by atoms with E-state index in [9.17, 15) is 4.79 Å². The van der Waals surface area contributed by atoms with Gasteiger partial charge in [0.25, 0.3) is 0 Å². The second-order valence-electron chi connectivity index (χ2n) is 12.1. The minimum atomic E-state index is -0.418. The van der Waals surface area contributed by atoms with Gasteiger partial charge in [-0.2, -0.15) is 0 Å². The summed E-state index contributed by atoms with van der Waals surface area (Å²) in [4.78, 5) is 14.4. The van der Waals surface area contributed by atoms with Crippen LogP contribution in [0.3, 0.4) is 0 Å². The number of rotatable bonds is 0. The first-order chi connectivity index (χ1) is 13.8. The fraction of sp³-hybridized carbons (Fsp3) is 0.552. The van der Waals surface area contributed by atoms with Crippen molar-refractivity contribution in [2.24, 2.45) is 27.1 Å². The lowest BCUT2D eigenvalue weighted by Gasteiger charge is -2.71. The maximum Gasteiger partial charge on any atom is 0.166 e. The molecule has 1 fully saturated rings. The fourth-order valence-electron chi connectivity index (χ4n) is 7.57. The monoisotopic (exact) mass is 400 g/mol. The molecule has 2 atom stereocenters. The van der Waals surface area contributed by atoms with Gasteiger partial charge in [0.2, 0.25) is 0 Å². The molecule has 0 amide bonds. The van der Waals surface area contributed by atoms with Gasteiger partial charge < -0.3 is 0 Å². The second kappa shape index (κ2) is 5.47. The third-order valence-corrected chi connectivity index (χ3v) is 10.9. The Kier molecular flexibility index (Phi) is 3.66. The molecule has 0 N–H and O–H groups in total. The average molecular weight is 401 g/mol. The molecule has 1 heteroatoms. The lowest BCUT2D eigenvalue weighted by Crippen LogP contribution is -2.68. The minimum Gasteiger partial charge on any atom is -0.294 e. The zero-order chi connectivity index (χ0) is 21.9. The molecular formula is C29H36O. The van der Waals surface area contributed by atoms with Gasteiger partial charge in [-0.15, -0.1) is 0 Å². The van der Waals surface area contributed by atoms with Gasteiger partial charge in [-0.05, 0) is 63.3 Å². The number of carbonyl (C=O) groups excluding carboxylic acids is 1. The van der Waals surface area contributed by atoms with Crippen LogP contribution in [0, 0.1) is 27.1 Å². The fourth-order valence-corrected chi connectivity index (χ4v) is 7.57. The number of carbonyl (C=O) groups is 1. The van der Waals surface area contributed by atoms with Crippen molar-refractivity contribution in [2.45, 2.75) is 74.7 Å². The first-order valence-corrected chi connectivity index (χ1v) is 11.7. The van der Waals surface area contributed by atoms with Gasteiger partial charge in [0.05, 0.1) is 0 Å². The van der Waals surface area contributed by atoms with Crippen LogP contribution in [0.15, 0.2) is 47.1 Å². The molecule has 1 nitrogen and oxygen atoms in total. The van der Waals surface area contributed by atoms with E-state index in [1.807, 2.05) is 0 Å². The molecule has 158 valence electrons. The standard InChI is InChI=1S/C29H36O/c1-25(2)24(30)23-20-17-18-13-9-10-14-19(18)22(20)21-15-11-12-16-28(21,7)29(23,8)27(5,6)26(25,3)4/h9-10,13-15,17H,11-12,16H2,1-8H3. The quantitative estimate of drug-likeness (QED) is 0.544. The molecule has 4 aliphatic rings. The highest BCUT2D eigenvalue weighted by Gasteiger charge is 2.72. The maximum atomic E-state index is 14.4. The van der Waals surface area contributed by atoms with Gasteiger partial charge >= 0.3 is 0 Å². The first-order valence-electron chi connectivity index (χ1n) is 11.7. The Labute approximate surface area is 181 Å². The number of Topliss-reactive ketones (excluding diaryl/α,β-unsaturated/α-hetero) is 1. The molecule has 4 aliphatic carbocycles. The SMILES string of the molecule is CC1(C)C(=O)C2=C3C=c4ccccc4=C3C3=CCCCC3(C)C2(C)C(C)(C)C1(C)C. The van der Waals surface area contributed by atoms with E-state index < -0.39 is 5.41 Å². The lowest BCUT2D eigenvalue weighted by molar-refractivity contribution is -0.175. The van der Waals surface area contributed by atoms with Crippen LogP contribution in [0.1, 0.15) is 74.7 Å². The predicted octanol–water partition coefficient (Wildman–Crippen LogP) is 5.73. The molecule has 5 rings (SSSR count). The normalized spacial score (nSPS) is 35.0. The van der Waals surface area contributed by atoms with Gasteiger partial charge in [0, 0.05) is 21.8 Å². The van der Waals surface area contributed by atoms with Gasteiger partial charge in [-0.25, -0.2) is 0 Å². The van der Waals surface area contributed by atoms with Crippen LogP contribution in [0.5, 0.6) is 0 Å². The van der Waals surface area contributed by atoms with E-state index in [0.717, 1.165) is 18.4 Å². The number of hydrogen-bond acceptors (Lipinski definition) is 1. The zero-order valence-corrected chi connectivity index (χ0v) is 20.0. The number of benzene rings is 1. The first kappa shape index (κ1) is 20.0. The molecule has 0 heterocycles. The summed E-state index contributed by atoms with van der Waals surface area (Å²) < 4.78 is 0. The van der Waals surface area contributed by atoms with E-state index in [-0.39, 0.29) is 21.7 Å². The van der Waals surface area contributed by atoms with Crippen molar-refractivity contribution < 1.29 is 4.79 Å². The number of ketones is 1. The Morgan fingerprint density at radius 2 is 1.53 bits per heavy atom. The molecule has 0 bridgehead atoms. The lowest BCUT2D eigenvalue weighted by atomic mass is 9.31. The van der Waals surface area contributed by atoms with Gasteiger partial charge in [-0.3, -0.25) is 4.79 Å². The van der Waals surface area contributed by atoms with E-state index in [0.29, 0.717) is 5.78 Å². The van der Waals surface area contributed by atoms with Crippen LogP contribution in [-0.4, -0.2) is 5.78 Å². The highest BCUT2D eigenvalue weighted by atomic mass is 16.1. The summed E-state index contributed by atoms with van der Waals surface area (Å²) in [5, 5.41) is 2.58. The average Bonchev–Trinajstić information content (AvgIpc) is 3.05. The Morgan fingerprint density at radius 3 is 2.23 bits per heavy atom. The van der Waals surface area contributed by atoms with Crippen LogP contribution in [0.2, 0.25) is 0 Å². The van der Waals surface area contributed by atoms with Crippen molar-refractivity contribution in [3.63, 3.8) is 0 Å². The Bertz CT molecular complexity index is 1180. The number of fused-ring (bicyclic) bond motifs is 6. The van der Waals surface area contributed by atoms with Crippen LogP contribution in [-0.2, 0) is 4.79 Å². The second-order valence-corrected chi connectivity index (χ2v) is 12.1. The number of hydrogen-bond donors (Lipinski definition) is 0. The van der Waals surface area contributed by atoms with Gasteiger partial charge in [0.1, 0.15) is 0 Å². The van der Waals surface area contributed by atoms with Crippen molar-refractivity contribution in [2.75, 3.05) is 0 Å². The van der Waals surface area contributed by atoms with E-state index in [1.54, 1.807) is 0 Å². The van der Waals surface area contributed by atoms with E-state index in [2.05, 4.69) is 91.8 Å². The molecule has 30 heavy (non-hydrogen) atoms. The predicted molar refractivity (Wildman–Crippen MR) is 125 cm³/mol. The van der Waals surface area contributed by atoms with Crippen molar-refractivity contribution in [1.82, 2.24) is 0 Å². The third-order valence-electron chi connectivity index (χ3n) is 10.9. The molecule has 1 saturated carbocycles. The molecule has 2 unspecified atom stereocenters. The Morgan fingerprint density at radius 1 is 0.867 bits per heavy atom. The summed E-state index contributed by atoms with van der Waals surface area (Å²) >= 11 is 0. The molecule has 0 aliphatic heterocycles. The molecule has 0 aromatic heterocycles. The topological polar surface area (TPSA) is 17.1 Å². The highest BCUT2D eigenvalue weighted by molar-refractivity contribution is 6.11. The largest absolute Gasteiger partial charge is 0.294 e. The molecule has 1 aromatic carbocycles. The van der Waals surface area contributed by atoms with E-state index in [4.69, 9.17) is 0 Å². The summed E-state index contributed by atoms with van der Waals surface area (Å²) in [7, 11) is 0. The molecule has 1 aromatic rings. The molecular weight excluding hydrogens is 364 g/mol. The number of allylic oxidation sites excluding steroid dienone is 4. The summed E-state index contributed by atoms with van der Waals surface area (Å²) in [6.07, 6.45) is 8.30. The molecule has 0 saturated heterocycles. The summed E-state index contributed by atoms with van der Waals surface area (Å²) in [6.45, 7) is 18.8. The molecule has 0 spiro atoms. The van der Waals surface area contributed by atoms with Gasteiger partial charge in [0.15, 0.2) is 5.78 Å². The van der Waals surface area contributed by atoms with Crippen LogP contribution < -0.4 is 10.4 Å². The third kappa shape index (κ3) is 1.82. The van der Waals surface area contributed by atoms with Crippen LogP contribution in [0.25, 0.3) is 11.6 Å². The summed E-state index contributed by atoms with van der Waals surface area (Å²) in [6, 6.07) is 8.72. The van der Waals surface area contributed by atoms with E-state index >= 15 is 0 Å². The summed E-state index contributed by atoms with van der Waals surface area (Å²) in [5.41, 5.74) is 4.28. The smallest absolute Gasteiger partial charge is 0.166 e. The van der Waals surface area contributed by atoms with Crippen molar-refractivity contribution >= 4 is 17.4 Å². The Hall–Kier alpha value is -1.89.